The maximum Gasteiger partial charge on any atom is 0.0645 e. The van der Waals surface area contributed by atoms with Crippen molar-refractivity contribution in [1.82, 2.24) is 0 Å². The van der Waals surface area contributed by atoms with Crippen molar-refractivity contribution in [3.63, 3.8) is 0 Å². The van der Waals surface area contributed by atoms with E-state index in [-0.39, 0.29) is 23.5 Å². The quantitative estimate of drug-likeness (QED) is 0.743. The minimum Gasteiger partial charge on any atom is -0.356 e. The fourth-order valence-electron chi connectivity index (χ4n) is 0.794. The van der Waals surface area contributed by atoms with Crippen LogP contribution in [0, 0.1) is 0 Å². The van der Waals surface area contributed by atoms with Gasteiger partial charge < -0.3 is 5.32 Å². The number of benzene rings is 2. The Morgan fingerprint density at radius 1 is 0.769 bits per heavy atom. The molecule has 1 N–H and O–H groups in total. The van der Waals surface area contributed by atoms with Gasteiger partial charge in [0.05, 0.1) is 12.3 Å². The molecule has 0 saturated carbocycles. The van der Waals surface area contributed by atoms with E-state index in [1.54, 1.807) is 0 Å². The molecule has 0 aliphatic heterocycles. The van der Waals surface area contributed by atoms with E-state index in [9.17, 15) is 0 Å². The van der Waals surface area contributed by atoms with E-state index in [0.29, 0.717) is 0 Å². The highest BCUT2D eigenvalue weighted by atomic mass is 14.9. The summed E-state index contributed by atoms with van der Waals surface area (Å²) >= 11 is 0. The Morgan fingerprint density at radius 2 is 1.38 bits per heavy atom. The first-order chi connectivity index (χ1) is 10.2. The maximum absolute atomic E-state index is 7.78. The molecule has 0 aliphatic rings. The van der Waals surface area contributed by atoms with Crippen molar-refractivity contribution in [2.45, 2.75) is 0 Å². The molecule has 1 heteroatoms. The van der Waals surface area contributed by atoms with Crippen molar-refractivity contribution in [1.29, 1.82) is 0 Å². The molecule has 2 aromatic carbocycles. The van der Waals surface area contributed by atoms with E-state index in [1.165, 1.54) is 0 Å². The topological polar surface area (TPSA) is 12.0 Å². The summed E-state index contributed by atoms with van der Waals surface area (Å²) < 4.78 is 68.6. The van der Waals surface area contributed by atoms with Crippen LogP contribution in [0.2, 0.25) is 0 Å². The summed E-state index contributed by atoms with van der Waals surface area (Å²) in [4.78, 5) is 0. The predicted molar refractivity (Wildman–Crippen MR) is 56.2 cm³/mol. The number of hydrogen-bond acceptors (Lipinski definition) is 1. The van der Waals surface area contributed by atoms with Gasteiger partial charge in [0, 0.05) is 11.4 Å². The van der Waals surface area contributed by atoms with Gasteiger partial charge in [0.2, 0.25) is 0 Å². The standard InChI is InChI=1S/C12H11N/c1-3-7-11(8-4-1)13-12-9-5-2-6-10-12/h1-10,13H/i1D,2D,3D,4D,5D,6D,7D,8D,9D. The first-order valence-electron chi connectivity index (χ1n) is 8.08. The molecule has 0 unspecified atom stereocenters. The van der Waals surface area contributed by atoms with Crippen molar-refractivity contribution in [3.8, 4) is 0 Å². The SMILES string of the molecule is [2H]c1cc(Nc2c([2H])c([2H])c([2H])c([2H])c2[2H])c([2H])c([2H])c1[2H]. The average Bonchev–Trinajstić information content (AvgIpc) is 2.50. The Kier molecular flexibility index (Phi) is 0.756. The summed E-state index contributed by atoms with van der Waals surface area (Å²) in [5.41, 5.74) is -0.305. The van der Waals surface area contributed by atoms with Gasteiger partial charge >= 0.3 is 0 Å². The smallest absolute Gasteiger partial charge is 0.0645 e. The number of anilines is 2. The molecule has 0 bridgehead atoms. The first-order valence-corrected chi connectivity index (χ1v) is 3.58. The minimum atomic E-state index is -0.532. The third-order valence-corrected chi connectivity index (χ3v) is 1.31. The molecule has 0 fully saturated rings. The number of hydrogen-bond donors (Lipinski definition) is 1. The molecule has 1 nitrogen and oxygen atoms in total. The minimum absolute atomic E-state index is 0.0652. The normalized spacial score (nSPS) is 19.2. The average molecular weight is 178 g/mol. The van der Waals surface area contributed by atoms with Gasteiger partial charge in [-0.3, -0.25) is 0 Å². The van der Waals surface area contributed by atoms with Crippen molar-refractivity contribution in [3.05, 3.63) is 60.4 Å². The van der Waals surface area contributed by atoms with Crippen LogP contribution in [0.1, 0.15) is 12.3 Å². The number of nitrogens with one attached hydrogen (secondary N) is 1. The van der Waals surface area contributed by atoms with Crippen molar-refractivity contribution >= 4 is 11.4 Å². The second-order valence-electron chi connectivity index (χ2n) is 2.20. The van der Waals surface area contributed by atoms with Crippen LogP contribution >= 0.6 is 0 Å². The number of para-hydroxylation sites is 2. The Balaban J connectivity index is 2.63. The highest BCUT2D eigenvalue weighted by molar-refractivity contribution is 5.58. The Hall–Kier alpha value is -1.76. The zero-order chi connectivity index (χ0) is 16.8. The fraction of sp³-hybridized carbons (Fsp3) is 0. The molecule has 0 amide bonds. The van der Waals surface area contributed by atoms with Gasteiger partial charge in [-0.2, -0.15) is 0 Å². The molecule has 64 valence electrons. The molecular formula is C12H11N. The molecule has 0 aliphatic carbocycles. The lowest BCUT2D eigenvalue weighted by atomic mass is 10.3. The summed E-state index contributed by atoms with van der Waals surface area (Å²) in [6.07, 6.45) is 0. The van der Waals surface area contributed by atoms with Crippen molar-refractivity contribution in [2.75, 3.05) is 5.32 Å². The predicted octanol–water partition coefficient (Wildman–Crippen LogP) is 3.43. The van der Waals surface area contributed by atoms with E-state index in [0.717, 1.165) is 6.07 Å². The van der Waals surface area contributed by atoms with Crippen LogP contribution in [0.5, 0.6) is 0 Å². The van der Waals surface area contributed by atoms with Crippen LogP contribution in [-0.2, 0) is 0 Å². The van der Waals surface area contributed by atoms with E-state index < -0.39 is 42.3 Å². The van der Waals surface area contributed by atoms with Gasteiger partial charge in [0.25, 0.3) is 0 Å². The summed E-state index contributed by atoms with van der Waals surface area (Å²) in [5, 5.41) is 2.52. The van der Waals surface area contributed by atoms with E-state index in [1.807, 2.05) is 0 Å². The van der Waals surface area contributed by atoms with Gasteiger partial charge in [-0.25, -0.2) is 0 Å². The zero-order valence-electron chi connectivity index (χ0n) is 15.6. The van der Waals surface area contributed by atoms with Crippen LogP contribution < -0.4 is 5.32 Å². The summed E-state index contributed by atoms with van der Waals surface area (Å²) in [6.45, 7) is 0. The monoisotopic (exact) mass is 178 g/mol. The van der Waals surface area contributed by atoms with Crippen LogP contribution in [0.3, 0.4) is 0 Å². The van der Waals surface area contributed by atoms with Gasteiger partial charge in [0.15, 0.2) is 0 Å². The van der Waals surface area contributed by atoms with E-state index in [2.05, 4.69) is 5.32 Å². The molecule has 0 atom stereocenters. The van der Waals surface area contributed by atoms with Gasteiger partial charge in [-0.1, -0.05) is 36.3 Å². The molecule has 2 rings (SSSR count). The van der Waals surface area contributed by atoms with Crippen molar-refractivity contribution < 1.29 is 12.3 Å². The van der Waals surface area contributed by atoms with Gasteiger partial charge in [-0.15, -0.1) is 0 Å². The lowest BCUT2D eigenvalue weighted by Gasteiger charge is -2.04. The third kappa shape index (κ3) is 2.09. The van der Waals surface area contributed by atoms with Crippen LogP contribution in [0.4, 0.5) is 11.4 Å². The van der Waals surface area contributed by atoms with Crippen LogP contribution in [0.25, 0.3) is 0 Å². The Labute approximate surface area is 90.7 Å². The van der Waals surface area contributed by atoms with Crippen LogP contribution in [-0.4, -0.2) is 0 Å². The van der Waals surface area contributed by atoms with Crippen LogP contribution in [0.15, 0.2) is 60.4 Å². The molecule has 13 heavy (non-hydrogen) atoms. The largest absolute Gasteiger partial charge is 0.356 e. The Morgan fingerprint density at radius 3 is 2.15 bits per heavy atom. The Bertz CT molecular complexity index is 743. The van der Waals surface area contributed by atoms with Gasteiger partial charge in [-0.05, 0) is 24.2 Å². The molecule has 0 radical (unpaired) electrons. The molecule has 2 aromatic rings. The first kappa shape index (κ1) is 2.61. The highest BCUT2D eigenvalue weighted by Crippen LogP contribution is 2.14. The summed E-state index contributed by atoms with van der Waals surface area (Å²) in [5.74, 6) is 0. The summed E-state index contributed by atoms with van der Waals surface area (Å²) in [6, 6.07) is -2.97. The lowest BCUT2D eigenvalue weighted by Crippen LogP contribution is -1.87. The summed E-state index contributed by atoms with van der Waals surface area (Å²) in [7, 11) is 0. The second-order valence-corrected chi connectivity index (χ2v) is 2.20. The molecule has 0 saturated heterocycles. The van der Waals surface area contributed by atoms with E-state index in [4.69, 9.17) is 12.3 Å². The highest BCUT2D eigenvalue weighted by Gasteiger charge is 1.89. The second kappa shape index (κ2) is 3.76. The molecular weight excluding hydrogens is 158 g/mol. The maximum atomic E-state index is 7.78. The number of rotatable bonds is 2. The zero-order valence-corrected chi connectivity index (χ0v) is 6.58. The third-order valence-electron chi connectivity index (χ3n) is 1.31. The van der Waals surface area contributed by atoms with E-state index >= 15 is 0 Å². The van der Waals surface area contributed by atoms with Gasteiger partial charge in [0.1, 0.15) is 0 Å². The lowest BCUT2D eigenvalue weighted by molar-refractivity contribution is 1.55. The molecule has 0 aromatic heterocycles. The van der Waals surface area contributed by atoms with Crippen molar-refractivity contribution in [2.24, 2.45) is 0 Å². The fourth-order valence-corrected chi connectivity index (χ4v) is 0.794. The molecule has 0 spiro atoms. The molecule has 0 heterocycles.